The molecule has 10 nitrogen and oxygen atoms in total. The average Bonchev–Trinajstić information content (AvgIpc) is 3.23. The number of nitrogens with zero attached hydrogens (tertiary/aromatic N) is 3. The Morgan fingerprint density at radius 3 is 2.82 bits per heavy atom. The van der Waals surface area contributed by atoms with Crippen LogP contribution in [0.15, 0.2) is 48.2 Å². The monoisotopic (exact) mass is 462 g/mol. The van der Waals surface area contributed by atoms with Crippen LogP contribution < -0.4 is 24.8 Å². The second kappa shape index (κ2) is 8.89. The third-order valence-corrected chi connectivity index (χ3v) is 5.60. The van der Waals surface area contributed by atoms with Gasteiger partial charge >= 0.3 is 6.09 Å². The molecule has 0 aliphatic carbocycles. The highest BCUT2D eigenvalue weighted by atomic mass is 16.6. The highest BCUT2D eigenvalue weighted by Crippen LogP contribution is 2.35. The number of ether oxygens (including phenoxy) is 4. The number of rotatable bonds is 6. The van der Waals surface area contributed by atoms with Gasteiger partial charge < -0.3 is 24.7 Å². The van der Waals surface area contributed by atoms with Gasteiger partial charge in [0.1, 0.15) is 19.3 Å². The van der Waals surface area contributed by atoms with Gasteiger partial charge in [-0.25, -0.2) is 9.78 Å². The molecule has 1 atom stereocenters. The summed E-state index contributed by atoms with van der Waals surface area (Å²) in [5, 5.41) is 0. The maximum Gasteiger partial charge on any atom is 0.414 e. The molecule has 3 aromatic rings. The molecule has 10 heteroatoms. The number of benzene rings is 1. The number of pyridine rings is 2. The molecule has 174 valence electrons. The van der Waals surface area contributed by atoms with E-state index in [2.05, 4.69) is 9.97 Å². The van der Waals surface area contributed by atoms with Gasteiger partial charge in [0.05, 0.1) is 30.4 Å². The highest BCUT2D eigenvalue weighted by Gasteiger charge is 2.34. The Kier molecular flexibility index (Phi) is 5.62. The van der Waals surface area contributed by atoms with E-state index >= 15 is 0 Å². The molecule has 2 aliphatic heterocycles. The molecular weight excluding hydrogens is 440 g/mol. The van der Waals surface area contributed by atoms with Crippen molar-refractivity contribution in [1.29, 1.82) is 0 Å². The Morgan fingerprint density at radius 2 is 2.03 bits per heavy atom. The van der Waals surface area contributed by atoms with E-state index in [1.54, 1.807) is 48.7 Å². The molecule has 4 heterocycles. The van der Waals surface area contributed by atoms with Gasteiger partial charge in [-0.1, -0.05) is 0 Å². The molecule has 2 amide bonds. The molecule has 1 fully saturated rings. The maximum atomic E-state index is 12.6. The smallest absolute Gasteiger partial charge is 0.414 e. The van der Waals surface area contributed by atoms with E-state index in [-0.39, 0.29) is 13.0 Å². The highest BCUT2D eigenvalue weighted by molar-refractivity contribution is 5.99. The normalized spacial score (nSPS) is 17.6. The zero-order valence-corrected chi connectivity index (χ0v) is 18.4. The van der Waals surface area contributed by atoms with Crippen LogP contribution in [-0.2, 0) is 9.53 Å². The molecule has 2 aliphatic rings. The van der Waals surface area contributed by atoms with Crippen molar-refractivity contribution in [3.63, 3.8) is 0 Å². The molecule has 2 aromatic heterocycles. The summed E-state index contributed by atoms with van der Waals surface area (Å²) < 4.78 is 21.9. The molecule has 2 N–H and O–H groups in total. The van der Waals surface area contributed by atoms with Gasteiger partial charge in [0.2, 0.25) is 11.8 Å². The summed E-state index contributed by atoms with van der Waals surface area (Å²) in [6.45, 7) is 1.18. The molecule has 0 spiro atoms. The summed E-state index contributed by atoms with van der Waals surface area (Å²) in [6, 6.07) is 10.5. The summed E-state index contributed by atoms with van der Waals surface area (Å²) in [5.74, 6) is 1.02. The number of hydrogen-bond acceptors (Lipinski definition) is 8. The fourth-order valence-corrected chi connectivity index (χ4v) is 3.96. The summed E-state index contributed by atoms with van der Waals surface area (Å²) in [7, 11) is 1.52. The van der Waals surface area contributed by atoms with Crippen molar-refractivity contribution in [2.45, 2.75) is 12.5 Å². The predicted molar refractivity (Wildman–Crippen MR) is 123 cm³/mol. The fraction of sp³-hybridized carbons (Fsp3) is 0.250. The minimum atomic E-state index is -0.610. The van der Waals surface area contributed by atoms with Gasteiger partial charge in [-0.05, 0) is 30.3 Å². The number of cyclic esters (lactones) is 1. The molecule has 0 unspecified atom stereocenters. The van der Waals surface area contributed by atoms with Crippen molar-refractivity contribution in [3.8, 4) is 17.4 Å². The van der Waals surface area contributed by atoms with Crippen LogP contribution in [0.5, 0.6) is 17.4 Å². The zero-order chi connectivity index (χ0) is 23.7. The van der Waals surface area contributed by atoms with Gasteiger partial charge in [-0.3, -0.25) is 14.7 Å². The van der Waals surface area contributed by atoms with E-state index in [4.69, 9.17) is 24.7 Å². The summed E-state index contributed by atoms with van der Waals surface area (Å²) in [6.07, 6.45) is 2.36. The third kappa shape index (κ3) is 4.17. The van der Waals surface area contributed by atoms with Crippen molar-refractivity contribution in [2.75, 3.05) is 31.8 Å². The molecule has 5 rings (SSSR count). The Labute approximate surface area is 194 Å². The quantitative estimate of drug-likeness (QED) is 0.554. The molecule has 34 heavy (non-hydrogen) atoms. The first-order chi connectivity index (χ1) is 16.5. The number of carbonyl (C=O) groups is 2. The lowest BCUT2D eigenvalue weighted by atomic mass is 10.0. The molecule has 0 radical (unpaired) electrons. The molecule has 1 aromatic carbocycles. The second-order valence-electron chi connectivity index (χ2n) is 7.80. The van der Waals surface area contributed by atoms with E-state index in [0.29, 0.717) is 58.5 Å². The van der Waals surface area contributed by atoms with Crippen LogP contribution >= 0.6 is 0 Å². The fourth-order valence-electron chi connectivity index (χ4n) is 3.96. The summed E-state index contributed by atoms with van der Waals surface area (Å²) in [4.78, 5) is 35.1. The van der Waals surface area contributed by atoms with Crippen LogP contribution in [0.4, 0.5) is 10.5 Å². The number of fused-ring (bicyclic) bond motifs is 2. The Bertz CT molecular complexity index is 1310. The predicted octanol–water partition coefficient (Wildman–Crippen LogP) is 2.69. The molecular formula is C24H22N4O6. The third-order valence-electron chi connectivity index (χ3n) is 5.60. The second-order valence-corrected chi connectivity index (χ2v) is 7.80. The Balaban J connectivity index is 1.39. The van der Waals surface area contributed by atoms with Gasteiger partial charge in [-0.2, -0.15) is 0 Å². The first-order valence-electron chi connectivity index (χ1n) is 10.7. The van der Waals surface area contributed by atoms with Gasteiger partial charge in [0.15, 0.2) is 11.5 Å². The summed E-state index contributed by atoms with van der Waals surface area (Å²) >= 11 is 0. The van der Waals surface area contributed by atoms with Crippen molar-refractivity contribution in [3.05, 3.63) is 53.7 Å². The van der Waals surface area contributed by atoms with Crippen LogP contribution in [0.2, 0.25) is 0 Å². The minimum Gasteiger partial charge on any atom is -0.486 e. The summed E-state index contributed by atoms with van der Waals surface area (Å²) in [5.41, 5.74) is 8.47. The number of methoxy groups -OCH3 is 1. The van der Waals surface area contributed by atoms with Crippen LogP contribution in [0.25, 0.3) is 17.1 Å². The van der Waals surface area contributed by atoms with Crippen LogP contribution in [0.1, 0.15) is 12.0 Å². The molecule has 0 saturated carbocycles. The number of amides is 2. The topological polar surface area (TPSA) is 126 Å². The number of anilines is 1. The van der Waals surface area contributed by atoms with Gasteiger partial charge in [-0.15, -0.1) is 0 Å². The van der Waals surface area contributed by atoms with Crippen LogP contribution in [0.3, 0.4) is 0 Å². The first kappa shape index (κ1) is 21.5. The van der Waals surface area contributed by atoms with Crippen LogP contribution in [0, 0.1) is 0 Å². The lowest BCUT2D eigenvalue weighted by Gasteiger charge is -2.21. The van der Waals surface area contributed by atoms with Crippen molar-refractivity contribution < 1.29 is 28.5 Å². The van der Waals surface area contributed by atoms with E-state index in [1.807, 2.05) is 0 Å². The number of hydrogen-bond donors (Lipinski definition) is 1. The van der Waals surface area contributed by atoms with Gasteiger partial charge in [0, 0.05) is 35.9 Å². The van der Waals surface area contributed by atoms with Crippen molar-refractivity contribution in [2.24, 2.45) is 5.73 Å². The van der Waals surface area contributed by atoms with Crippen LogP contribution in [-0.4, -0.2) is 54.9 Å². The standard InChI is InChI=1S/C24H22N4O6/c1-31-21-5-3-18-22(27-21)14(6-7-26-18)10-15(23(25)29)11-17-13-28(24(30)34-17)16-2-4-19-20(12-16)33-9-8-32-19/h2-7,10,12,17H,8-9,11,13H2,1H3,(H2,25,29)/t17-/m1/s1. The molecule has 1 saturated heterocycles. The van der Waals surface area contributed by atoms with E-state index in [9.17, 15) is 9.59 Å². The Hall–Kier alpha value is -4.34. The minimum absolute atomic E-state index is 0.149. The van der Waals surface area contributed by atoms with Crippen molar-refractivity contribution >= 4 is 34.8 Å². The van der Waals surface area contributed by atoms with E-state index in [0.717, 1.165) is 0 Å². The van der Waals surface area contributed by atoms with E-state index < -0.39 is 18.1 Å². The Morgan fingerprint density at radius 1 is 1.21 bits per heavy atom. The largest absolute Gasteiger partial charge is 0.486 e. The number of primary amides is 1. The number of nitrogens with two attached hydrogens (primary N) is 1. The maximum absolute atomic E-state index is 12.6. The molecule has 0 bridgehead atoms. The van der Waals surface area contributed by atoms with E-state index in [1.165, 1.54) is 12.0 Å². The van der Waals surface area contributed by atoms with Gasteiger partial charge in [0.25, 0.3) is 0 Å². The lowest BCUT2D eigenvalue weighted by Crippen LogP contribution is -2.26. The first-order valence-corrected chi connectivity index (χ1v) is 10.7. The average molecular weight is 462 g/mol. The number of carbonyl (C=O) groups excluding carboxylic acids is 2. The lowest BCUT2D eigenvalue weighted by molar-refractivity contribution is -0.114. The number of aromatic nitrogens is 2. The SMILES string of the molecule is COc1ccc2nccc(C=C(C[C@@H]3CN(c4ccc5c(c4)OCCO5)C(=O)O3)C(N)=O)c2n1. The van der Waals surface area contributed by atoms with Crippen molar-refractivity contribution in [1.82, 2.24) is 9.97 Å². The zero-order valence-electron chi connectivity index (χ0n) is 18.4.